The third kappa shape index (κ3) is 5.87. The number of nitrogens with one attached hydrogen (secondary N) is 1. The Hall–Kier alpha value is -4.13. The average molecular weight is 470 g/mol. The van der Waals surface area contributed by atoms with Crippen molar-refractivity contribution >= 4 is 11.8 Å². The smallest absolute Gasteiger partial charge is 0.267 e. The van der Waals surface area contributed by atoms with Crippen molar-refractivity contribution in [1.82, 2.24) is 24.6 Å². The monoisotopic (exact) mass is 469 g/mol. The maximum atomic E-state index is 13.5. The number of rotatable bonds is 9. The van der Waals surface area contributed by atoms with Gasteiger partial charge in [-0.15, -0.1) is 0 Å². The van der Waals surface area contributed by atoms with Crippen LogP contribution in [0.2, 0.25) is 0 Å². The van der Waals surface area contributed by atoms with E-state index in [0.29, 0.717) is 30.6 Å². The van der Waals surface area contributed by atoms with Gasteiger partial charge in [-0.2, -0.15) is 5.10 Å². The topological polar surface area (TPSA) is 72.2 Å². The Bertz CT molecular complexity index is 1290. The molecule has 0 fully saturated rings. The lowest BCUT2D eigenvalue weighted by molar-refractivity contribution is 0.0723. The van der Waals surface area contributed by atoms with Crippen molar-refractivity contribution in [3.63, 3.8) is 0 Å². The molecular formula is C28H31N5O2. The van der Waals surface area contributed by atoms with Crippen LogP contribution < -0.4 is 5.32 Å². The molecule has 1 unspecified atom stereocenters. The summed E-state index contributed by atoms with van der Waals surface area (Å²) in [6.45, 7) is 0.465. The standard InChI is InChI=1S/C28H31N5O2/c1-31-17-8-13-26(31)27(34)29-16-14-24(19-21-9-5-4-6-10-21)33(3)28(35)23-12-7-11-22(20-23)25-15-18-32(2)30-25/h4-13,15,17-18,20,24H,14,16,19H2,1-3H3,(H,29,34). The largest absolute Gasteiger partial charge is 0.351 e. The second-order valence-electron chi connectivity index (χ2n) is 8.76. The zero-order valence-corrected chi connectivity index (χ0v) is 20.4. The number of carbonyl (C=O) groups excluding carboxylic acids is 2. The molecule has 1 N–H and O–H groups in total. The Morgan fingerprint density at radius 3 is 2.46 bits per heavy atom. The third-order valence-corrected chi connectivity index (χ3v) is 6.24. The van der Waals surface area contributed by atoms with Gasteiger partial charge in [-0.1, -0.05) is 42.5 Å². The van der Waals surface area contributed by atoms with Crippen LogP contribution >= 0.6 is 0 Å². The summed E-state index contributed by atoms with van der Waals surface area (Å²) in [7, 11) is 5.55. The van der Waals surface area contributed by atoms with E-state index in [1.165, 1.54) is 0 Å². The third-order valence-electron chi connectivity index (χ3n) is 6.24. The quantitative estimate of drug-likeness (QED) is 0.404. The van der Waals surface area contributed by atoms with Gasteiger partial charge in [-0.25, -0.2) is 0 Å². The fraction of sp³-hybridized carbons (Fsp3) is 0.250. The molecule has 2 aromatic heterocycles. The minimum Gasteiger partial charge on any atom is -0.351 e. The summed E-state index contributed by atoms with van der Waals surface area (Å²) in [6, 6.07) is 23.2. The summed E-state index contributed by atoms with van der Waals surface area (Å²) in [5, 5.41) is 7.45. The molecule has 180 valence electrons. The Balaban J connectivity index is 1.49. The fourth-order valence-corrected chi connectivity index (χ4v) is 4.21. The highest BCUT2D eigenvalue weighted by atomic mass is 16.2. The summed E-state index contributed by atoms with van der Waals surface area (Å²) >= 11 is 0. The molecule has 0 saturated carbocycles. The number of hydrogen-bond acceptors (Lipinski definition) is 3. The van der Waals surface area contributed by atoms with Gasteiger partial charge < -0.3 is 14.8 Å². The van der Waals surface area contributed by atoms with E-state index in [-0.39, 0.29) is 17.9 Å². The first-order chi connectivity index (χ1) is 16.9. The van der Waals surface area contributed by atoms with Crippen LogP contribution in [0.1, 0.15) is 32.8 Å². The molecule has 2 heterocycles. The summed E-state index contributed by atoms with van der Waals surface area (Å²) < 4.78 is 3.54. The Morgan fingerprint density at radius 2 is 1.77 bits per heavy atom. The molecule has 1 atom stereocenters. The number of likely N-dealkylation sites (N-methyl/N-ethyl adjacent to an activating group) is 1. The van der Waals surface area contributed by atoms with Crippen LogP contribution in [0.3, 0.4) is 0 Å². The summed E-state index contributed by atoms with van der Waals surface area (Å²) in [5.41, 5.74) is 4.10. The predicted octanol–water partition coefficient (Wildman–Crippen LogP) is 3.93. The van der Waals surface area contributed by atoms with E-state index >= 15 is 0 Å². The predicted molar refractivity (Wildman–Crippen MR) is 137 cm³/mol. The van der Waals surface area contributed by atoms with Gasteiger partial charge in [0.25, 0.3) is 11.8 Å². The van der Waals surface area contributed by atoms with Gasteiger partial charge in [0, 0.05) is 57.3 Å². The lowest BCUT2D eigenvalue weighted by Gasteiger charge is -2.29. The first kappa shape index (κ1) is 24.0. The molecule has 4 rings (SSSR count). The zero-order valence-electron chi connectivity index (χ0n) is 20.4. The molecule has 0 spiro atoms. The zero-order chi connectivity index (χ0) is 24.8. The van der Waals surface area contributed by atoms with Gasteiger partial charge in [-0.05, 0) is 48.7 Å². The summed E-state index contributed by atoms with van der Waals surface area (Å²) in [5.74, 6) is -0.175. The molecule has 0 aliphatic carbocycles. The van der Waals surface area contributed by atoms with Crippen molar-refractivity contribution in [2.45, 2.75) is 18.9 Å². The molecule has 7 heteroatoms. The van der Waals surface area contributed by atoms with Gasteiger partial charge in [0.15, 0.2) is 0 Å². The second-order valence-corrected chi connectivity index (χ2v) is 8.76. The van der Waals surface area contributed by atoms with Gasteiger partial charge in [0.05, 0.1) is 5.69 Å². The molecule has 2 aromatic carbocycles. The van der Waals surface area contributed by atoms with E-state index in [1.807, 2.05) is 88.1 Å². The summed E-state index contributed by atoms with van der Waals surface area (Å²) in [6.07, 6.45) is 5.06. The van der Waals surface area contributed by atoms with E-state index in [9.17, 15) is 9.59 Å². The number of hydrogen-bond donors (Lipinski definition) is 1. The molecule has 7 nitrogen and oxygen atoms in total. The van der Waals surface area contributed by atoms with E-state index in [4.69, 9.17) is 0 Å². The molecule has 0 saturated heterocycles. The SMILES string of the molecule is CN(C(=O)c1cccc(-c2ccn(C)n2)c1)C(CCNC(=O)c1cccn1C)Cc1ccccc1. The number of amides is 2. The number of carbonyl (C=O) groups is 2. The maximum absolute atomic E-state index is 13.5. The second kappa shape index (κ2) is 10.9. The van der Waals surface area contributed by atoms with Crippen LogP contribution in [-0.4, -0.2) is 50.7 Å². The molecule has 0 aliphatic rings. The van der Waals surface area contributed by atoms with Gasteiger partial charge in [0.1, 0.15) is 5.69 Å². The van der Waals surface area contributed by atoms with Crippen LogP contribution in [0.4, 0.5) is 0 Å². The van der Waals surface area contributed by atoms with Crippen LogP contribution in [0.15, 0.2) is 85.2 Å². The molecule has 35 heavy (non-hydrogen) atoms. The normalized spacial score (nSPS) is 11.7. The van der Waals surface area contributed by atoms with E-state index < -0.39 is 0 Å². The molecular weight excluding hydrogens is 438 g/mol. The molecule has 0 aliphatic heterocycles. The molecule has 0 bridgehead atoms. The van der Waals surface area contributed by atoms with Gasteiger partial charge in [0.2, 0.25) is 0 Å². The summed E-state index contributed by atoms with van der Waals surface area (Å²) in [4.78, 5) is 27.8. The average Bonchev–Trinajstić information content (AvgIpc) is 3.51. The molecule has 0 radical (unpaired) electrons. The fourth-order valence-electron chi connectivity index (χ4n) is 4.21. The first-order valence-electron chi connectivity index (χ1n) is 11.7. The van der Waals surface area contributed by atoms with Crippen LogP contribution in [-0.2, 0) is 20.5 Å². The van der Waals surface area contributed by atoms with E-state index in [1.54, 1.807) is 20.2 Å². The Labute approximate surface area is 206 Å². The van der Waals surface area contributed by atoms with Crippen LogP contribution in [0, 0.1) is 0 Å². The van der Waals surface area contributed by atoms with Crippen molar-refractivity contribution in [3.05, 3.63) is 102 Å². The van der Waals surface area contributed by atoms with Gasteiger partial charge >= 0.3 is 0 Å². The van der Waals surface area contributed by atoms with E-state index in [0.717, 1.165) is 16.8 Å². The van der Waals surface area contributed by atoms with Crippen molar-refractivity contribution in [3.8, 4) is 11.3 Å². The Morgan fingerprint density at radius 1 is 0.971 bits per heavy atom. The maximum Gasteiger partial charge on any atom is 0.267 e. The lowest BCUT2D eigenvalue weighted by atomic mass is 10.0. The lowest BCUT2D eigenvalue weighted by Crippen LogP contribution is -2.41. The number of benzene rings is 2. The highest BCUT2D eigenvalue weighted by Crippen LogP contribution is 2.20. The Kier molecular flexibility index (Phi) is 7.45. The van der Waals surface area contributed by atoms with Crippen molar-refractivity contribution in [2.24, 2.45) is 14.1 Å². The van der Waals surface area contributed by atoms with Gasteiger partial charge in [-0.3, -0.25) is 14.3 Å². The van der Waals surface area contributed by atoms with Crippen molar-refractivity contribution in [1.29, 1.82) is 0 Å². The van der Waals surface area contributed by atoms with Crippen molar-refractivity contribution < 1.29 is 9.59 Å². The highest BCUT2D eigenvalue weighted by molar-refractivity contribution is 5.95. The van der Waals surface area contributed by atoms with Crippen LogP contribution in [0.25, 0.3) is 11.3 Å². The minimum atomic E-state index is -0.118. The number of nitrogens with zero attached hydrogens (tertiary/aromatic N) is 4. The minimum absolute atomic E-state index is 0.0579. The highest BCUT2D eigenvalue weighted by Gasteiger charge is 2.22. The van der Waals surface area contributed by atoms with Crippen LogP contribution in [0.5, 0.6) is 0 Å². The number of aromatic nitrogens is 3. The molecule has 4 aromatic rings. The molecule has 2 amide bonds. The first-order valence-corrected chi connectivity index (χ1v) is 11.7. The van der Waals surface area contributed by atoms with Crippen molar-refractivity contribution in [2.75, 3.05) is 13.6 Å². The van der Waals surface area contributed by atoms with E-state index in [2.05, 4.69) is 22.5 Å². The number of aryl methyl sites for hydroxylation is 2.